The van der Waals surface area contributed by atoms with Crippen LogP contribution in [0.15, 0.2) is 40.9 Å². The first kappa shape index (κ1) is 11.2. The largest absolute Gasteiger partial charge is 0.206 e. The number of aliphatic imine (C=N–C) groups is 1. The molecule has 1 aromatic rings. The Morgan fingerprint density at radius 1 is 1.12 bits per heavy atom. The van der Waals surface area contributed by atoms with Crippen molar-refractivity contribution in [2.24, 2.45) is 10.4 Å². The summed E-state index contributed by atoms with van der Waals surface area (Å²) in [4.78, 5) is 4.44. The zero-order valence-electron chi connectivity index (χ0n) is 10.2. The van der Waals surface area contributed by atoms with Gasteiger partial charge in [0.15, 0.2) is 0 Å². The van der Waals surface area contributed by atoms with Gasteiger partial charge in [0, 0.05) is 0 Å². The van der Waals surface area contributed by atoms with Gasteiger partial charge in [-0.3, -0.25) is 0 Å². The van der Waals surface area contributed by atoms with Crippen LogP contribution >= 0.6 is 0 Å². The maximum absolute atomic E-state index is 4.44. The van der Waals surface area contributed by atoms with Crippen molar-refractivity contribution in [3.63, 3.8) is 0 Å². The van der Waals surface area contributed by atoms with Crippen LogP contribution in [-0.2, 0) is 0 Å². The molecule has 0 unspecified atom stereocenters. The van der Waals surface area contributed by atoms with Crippen molar-refractivity contribution < 1.29 is 0 Å². The van der Waals surface area contributed by atoms with E-state index in [2.05, 4.69) is 24.7 Å². The molecule has 1 heteroatoms. The van der Waals surface area contributed by atoms with Gasteiger partial charge in [-0.25, -0.2) is 4.99 Å². The molecule has 16 heavy (non-hydrogen) atoms. The first-order chi connectivity index (χ1) is 7.68. The van der Waals surface area contributed by atoms with Crippen molar-refractivity contribution in [1.29, 1.82) is 0 Å². The lowest BCUT2D eigenvalue weighted by Crippen LogP contribution is -2.19. The summed E-state index contributed by atoms with van der Waals surface area (Å²) in [7, 11) is 0. The Morgan fingerprint density at radius 2 is 1.88 bits per heavy atom. The second-order valence-electron chi connectivity index (χ2n) is 5.13. The molecule has 1 fully saturated rings. The quantitative estimate of drug-likeness (QED) is 0.608. The third-order valence-electron chi connectivity index (χ3n) is 3.37. The van der Waals surface area contributed by atoms with Gasteiger partial charge in [0.05, 0.1) is 5.69 Å². The lowest BCUT2D eigenvalue weighted by atomic mass is 9.74. The lowest BCUT2D eigenvalue weighted by Gasteiger charge is -2.30. The molecular weight excluding hydrogens is 194 g/mol. The highest BCUT2D eigenvalue weighted by Gasteiger charge is 2.26. The van der Waals surface area contributed by atoms with E-state index in [1.54, 1.807) is 0 Å². The average molecular weight is 213 g/mol. The molecule has 0 N–H and O–H groups in total. The molecule has 0 saturated heterocycles. The van der Waals surface area contributed by atoms with Crippen LogP contribution in [0.3, 0.4) is 0 Å². The van der Waals surface area contributed by atoms with E-state index in [0.717, 1.165) is 12.1 Å². The molecule has 0 radical (unpaired) electrons. The fraction of sp³-hybridized carbons (Fsp3) is 0.467. The van der Waals surface area contributed by atoms with Crippen molar-refractivity contribution >= 4 is 11.6 Å². The molecule has 1 aliphatic carbocycles. The van der Waals surface area contributed by atoms with E-state index in [9.17, 15) is 0 Å². The molecule has 0 aromatic heterocycles. The smallest absolute Gasteiger partial charge is 0.0729 e. The highest BCUT2D eigenvalue weighted by molar-refractivity contribution is 5.64. The van der Waals surface area contributed by atoms with Gasteiger partial charge in [0.2, 0.25) is 0 Å². The summed E-state index contributed by atoms with van der Waals surface area (Å²) >= 11 is 0. The highest BCUT2D eigenvalue weighted by Crippen LogP contribution is 2.38. The fourth-order valence-electron chi connectivity index (χ4n) is 2.20. The first-order valence-corrected chi connectivity index (χ1v) is 6.07. The molecule has 1 saturated carbocycles. The Kier molecular flexibility index (Phi) is 3.26. The van der Waals surface area contributed by atoms with E-state index < -0.39 is 0 Å². The van der Waals surface area contributed by atoms with Gasteiger partial charge in [-0.2, -0.15) is 0 Å². The van der Waals surface area contributed by atoms with Crippen molar-refractivity contribution in [1.82, 2.24) is 0 Å². The van der Waals surface area contributed by atoms with Crippen LogP contribution in [0.5, 0.6) is 0 Å². The Labute approximate surface area is 97.9 Å². The topological polar surface area (TPSA) is 12.4 Å². The summed E-state index contributed by atoms with van der Waals surface area (Å²) in [5.41, 5.74) is 2.66. The Bertz CT molecular complexity index is 408. The number of hydrogen-bond donors (Lipinski definition) is 0. The van der Waals surface area contributed by atoms with Crippen LogP contribution in [0.2, 0.25) is 0 Å². The monoisotopic (exact) mass is 213 g/mol. The van der Waals surface area contributed by atoms with E-state index in [0.29, 0.717) is 0 Å². The molecule has 0 bridgehead atoms. The molecule has 0 amide bonds. The Balaban J connectivity index is 2.26. The zero-order valence-corrected chi connectivity index (χ0v) is 10.2. The molecule has 0 aliphatic heterocycles. The van der Waals surface area contributed by atoms with Crippen molar-refractivity contribution in [3.8, 4) is 0 Å². The van der Waals surface area contributed by atoms with Gasteiger partial charge < -0.3 is 0 Å². The van der Waals surface area contributed by atoms with E-state index in [-0.39, 0.29) is 5.41 Å². The minimum atomic E-state index is 0.288. The van der Waals surface area contributed by atoms with Gasteiger partial charge in [-0.1, -0.05) is 38.5 Å². The van der Waals surface area contributed by atoms with Crippen molar-refractivity contribution in [3.05, 3.63) is 35.9 Å². The number of nitrogens with zero attached hydrogens (tertiary/aromatic N) is 1. The molecule has 84 valence electrons. The third kappa shape index (κ3) is 2.62. The molecule has 1 aliphatic rings. The Morgan fingerprint density at radius 3 is 2.56 bits per heavy atom. The molecule has 1 nitrogen and oxygen atoms in total. The number of benzene rings is 1. The fourth-order valence-corrected chi connectivity index (χ4v) is 2.20. The minimum Gasteiger partial charge on any atom is -0.206 e. The average Bonchev–Trinajstić information content (AvgIpc) is 2.28. The summed E-state index contributed by atoms with van der Waals surface area (Å²) in [5, 5.41) is 0. The zero-order chi connectivity index (χ0) is 11.4. The summed E-state index contributed by atoms with van der Waals surface area (Å²) in [6.45, 7) is 4.60. The van der Waals surface area contributed by atoms with E-state index in [4.69, 9.17) is 0 Å². The van der Waals surface area contributed by atoms with Crippen LogP contribution in [0, 0.1) is 5.41 Å². The summed E-state index contributed by atoms with van der Waals surface area (Å²) in [6.07, 6.45) is 5.04. The van der Waals surface area contributed by atoms with E-state index in [1.807, 2.05) is 30.3 Å². The predicted molar refractivity (Wildman–Crippen MR) is 69.3 cm³/mol. The van der Waals surface area contributed by atoms with Crippen molar-refractivity contribution in [2.75, 3.05) is 0 Å². The summed E-state index contributed by atoms with van der Waals surface area (Å²) in [6, 6.07) is 10.1. The number of allylic oxidation sites excluding steroid dienone is 1. The van der Waals surface area contributed by atoms with E-state index >= 15 is 0 Å². The highest BCUT2D eigenvalue weighted by atomic mass is 14.7. The molecule has 2 rings (SSSR count). The SMILES string of the molecule is CC1(C)CCCCC1=C=Nc1ccccc1. The standard InChI is InChI=1S/C15H19N/c1-15(2)11-7-6-8-13(15)12-16-14-9-4-3-5-10-14/h3-5,9-10H,6-8,11H2,1-2H3. The lowest BCUT2D eigenvalue weighted by molar-refractivity contribution is 0.341. The predicted octanol–water partition coefficient (Wildman–Crippen LogP) is 4.51. The van der Waals surface area contributed by atoms with Gasteiger partial charge in [0.1, 0.15) is 0 Å². The number of rotatable bonds is 1. The molecule has 1 aromatic carbocycles. The second kappa shape index (κ2) is 4.67. The summed E-state index contributed by atoms with van der Waals surface area (Å²) in [5.74, 6) is 3.27. The van der Waals surface area contributed by atoms with Crippen LogP contribution in [-0.4, -0.2) is 5.87 Å². The maximum atomic E-state index is 4.44. The van der Waals surface area contributed by atoms with Gasteiger partial charge >= 0.3 is 0 Å². The Hall–Kier alpha value is -1.33. The maximum Gasteiger partial charge on any atom is 0.0729 e. The van der Waals surface area contributed by atoms with Crippen molar-refractivity contribution in [2.45, 2.75) is 39.5 Å². The van der Waals surface area contributed by atoms with Crippen LogP contribution in [0.4, 0.5) is 5.69 Å². The molecule has 0 spiro atoms. The third-order valence-corrected chi connectivity index (χ3v) is 3.37. The number of hydrogen-bond acceptors (Lipinski definition) is 1. The van der Waals surface area contributed by atoms with Gasteiger partial charge in [-0.15, -0.1) is 0 Å². The first-order valence-electron chi connectivity index (χ1n) is 6.07. The van der Waals surface area contributed by atoms with Gasteiger partial charge in [-0.05, 0) is 48.3 Å². The molecular formula is C15H19N. The summed E-state index contributed by atoms with van der Waals surface area (Å²) < 4.78 is 0. The van der Waals surface area contributed by atoms with Crippen LogP contribution in [0.1, 0.15) is 39.5 Å². The van der Waals surface area contributed by atoms with E-state index in [1.165, 1.54) is 24.8 Å². The normalized spacial score (nSPS) is 19.0. The molecule has 0 atom stereocenters. The number of para-hydroxylation sites is 1. The van der Waals surface area contributed by atoms with Crippen LogP contribution < -0.4 is 0 Å². The minimum absolute atomic E-state index is 0.288. The second-order valence-corrected chi connectivity index (χ2v) is 5.13. The molecule has 0 heterocycles. The van der Waals surface area contributed by atoms with Crippen LogP contribution in [0.25, 0.3) is 0 Å². The van der Waals surface area contributed by atoms with Gasteiger partial charge in [0.25, 0.3) is 0 Å².